The first-order chi connectivity index (χ1) is 5.86. The van der Waals surface area contributed by atoms with E-state index < -0.39 is 0 Å². The average Bonchev–Trinajstić information content (AvgIpc) is 2.47. The van der Waals surface area contributed by atoms with Gasteiger partial charge in [0.2, 0.25) is 0 Å². The van der Waals surface area contributed by atoms with Gasteiger partial charge in [0, 0.05) is 12.5 Å². The summed E-state index contributed by atoms with van der Waals surface area (Å²) in [5.41, 5.74) is 0. The Morgan fingerprint density at radius 3 is 2.67 bits per heavy atom. The minimum absolute atomic E-state index is 0.0854. The molecule has 0 aromatic heterocycles. The predicted octanol–water partition coefficient (Wildman–Crippen LogP) is 1.57. The lowest BCUT2D eigenvalue weighted by Gasteiger charge is -2.29. The summed E-state index contributed by atoms with van der Waals surface area (Å²) in [6, 6.07) is 0. The number of hydrogen-bond acceptors (Lipinski definition) is 2. The van der Waals surface area contributed by atoms with Gasteiger partial charge in [0.25, 0.3) is 0 Å². The fourth-order valence-electron chi connectivity index (χ4n) is 2.12. The van der Waals surface area contributed by atoms with Crippen molar-refractivity contribution in [3.63, 3.8) is 0 Å². The normalized spacial score (nSPS) is 33.2. The molecule has 2 nitrogen and oxygen atoms in total. The Balaban J connectivity index is 1.71. The van der Waals surface area contributed by atoms with E-state index in [0.717, 1.165) is 32.0 Å². The van der Waals surface area contributed by atoms with Gasteiger partial charge >= 0.3 is 0 Å². The van der Waals surface area contributed by atoms with Crippen molar-refractivity contribution < 1.29 is 9.84 Å². The molecule has 2 rings (SSSR count). The second-order valence-corrected chi connectivity index (χ2v) is 4.22. The fourth-order valence-corrected chi connectivity index (χ4v) is 2.12. The van der Waals surface area contributed by atoms with Gasteiger partial charge in [-0.3, -0.25) is 0 Å². The zero-order chi connectivity index (χ0) is 8.39. The van der Waals surface area contributed by atoms with Crippen LogP contribution in [0.25, 0.3) is 0 Å². The molecule has 1 aliphatic heterocycles. The summed E-state index contributed by atoms with van der Waals surface area (Å²) in [4.78, 5) is 0. The second kappa shape index (κ2) is 3.75. The zero-order valence-electron chi connectivity index (χ0n) is 7.54. The molecule has 0 bridgehead atoms. The van der Waals surface area contributed by atoms with Gasteiger partial charge in [0.15, 0.2) is 0 Å². The third-order valence-electron chi connectivity index (χ3n) is 3.31. The van der Waals surface area contributed by atoms with Crippen molar-refractivity contribution in [1.82, 2.24) is 0 Å². The monoisotopic (exact) mass is 170 g/mol. The predicted molar refractivity (Wildman–Crippen MR) is 46.9 cm³/mol. The zero-order valence-corrected chi connectivity index (χ0v) is 7.54. The van der Waals surface area contributed by atoms with E-state index >= 15 is 0 Å². The molecule has 0 amide bonds. The lowest BCUT2D eigenvalue weighted by Crippen LogP contribution is -2.26. The number of hydrogen-bond donors (Lipinski definition) is 1. The molecule has 1 saturated heterocycles. The van der Waals surface area contributed by atoms with Crippen LogP contribution >= 0.6 is 0 Å². The van der Waals surface area contributed by atoms with E-state index in [2.05, 4.69) is 0 Å². The molecule has 2 aliphatic rings. The molecule has 70 valence electrons. The molecule has 2 atom stereocenters. The van der Waals surface area contributed by atoms with Crippen LogP contribution in [-0.2, 0) is 4.74 Å². The number of aliphatic hydroxyl groups is 1. The van der Waals surface area contributed by atoms with Crippen LogP contribution in [0.5, 0.6) is 0 Å². The standard InChI is InChI=1S/C10H18O2/c11-10(6-8-2-1-3-8)9-4-5-12-7-9/h8-11H,1-7H2. The molecule has 0 aromatic carbocycles. The van der Waals surface area contributed by atoms with Crippen LogP contribution in [0.3, 0.4) is 0 Å². The van der Waals surface area contributed by atoms with Crippen LogP contribution in [0.15, 0.2) is 0 Å². The fraction of sp³-hybridized carbons (Fsp3) is 1.00. The Kier molecular flexibility index (Phi) is 2.66. The Labute approximate surface area is 73.9 Å². The smallest absolute Gasteiger partial charge is 0.0593 e. The van der Waals surface area contributed by atoms with E-state index in [4.69, 9.17) is 4.74 Å². The van der Waals surface area contributed by atoms with Crippen LogP contribution in [0, 0.1) is 11.8 Å². The third-order valence-corrected chi connectivity index (χ3v) is 3.31. The maximum atomic E-state index is 9.80. The van der Waals surface area contributed by atoms with Gasteiger partial charge < -0.3 is 9.84 Å². The van der Waals surface area contributed by atoms with Crippen LogP contribution in [0.2, 0.25) is 0 Å². The molecule has 1 heterocycles. The Morgan fingerprint density at radius 1 is 1.33 bits per heavy atom. The maximum Gasteiger partial charge on any atom is 0.0593 e. The van der Waals surface area contributed by atoms with Crippen LogP contribution in [0.1, 0.15) is 32.1 Å². The second-order valence-electron chi connectivity index (χ2n) is 4.22. The van der Waals surface area contributed by atoms with Crippen molar-refractivity contribution in [1.29, 1.82) is 0 Å². The van der Waals surface area contributed by atoms with Gasteiger partial charge in [-0.2, -0.15) is 0 Å². The van der Waals surface area contributed by atoms with Crippen molar-refractivity contribution in [2.75, 3.05) is 13.2 Å². The summed E-state index contributed by atoms with van der Waals surface area (Å²) in [7, 11) is 0. The Bertz CT molecular complexity index is 137. The van der Waals surface area contributed by atoms with Crippen molar-refractivity contribution in [2.45, 2.75) is 38.2 Å². The van der Waals surface area contributed by atoms with E-state index in [-0.39, 0.29) is 6.10 Å². The summed E-state index contributed by atoms with van der Waals surface area (Å²) in [5.74, 6) is 1.26. The lowest BCUT2D eigenvalue weighted by atomic mass is 9.79. The highest BCUT2D eigenvalue weighted by Crippen LogP contribution is 2.33. The van der Waals surface area contributed by atoms with Crippen LogP contribution < -0.4 is 0 Å². The molecule has 0 radical (unpaired) electrons. The topological polar surface area (TPSA) is 29.5 Å². The van der Waals surface area contributed by atoms with Gasteiger partial charge in [-0.1, -0.05) is 19.3 Å². The van der Waals surface area contributed by atoms with Crippen LogP contribution in [0.4, 0.5) is 0 Å². The van der Waals surface area contributed by atoms with E-state index in [1.807, 2.05) is 0 Å². The molecule has 12 heavy (non-hydrogen) atoms. The van der Waals surface area contributed by atoms with Crippen molar-refractivity contribution >= 4 is 0 Å². The molecule has 0 aromatic rings. The largest absolute Gasteiger partial charge is 0.393 e. The molecule has 1 saturated carbocycles. The highest BCUT2D eigenvalue weighted by molar-refractivity contribution is 4.79. The number of aliphatic hydroxyl groups excluding tert-OH is 1. The Morgan fingerprint density at radius 2 is 2.17 bits per heavy atom. The minimum atomic E-state index is -0.0854. The van der Waals surface area contributed by atoms with E-state index in [1.54, 1.807) is 0 Å². The van der Waals surface area contributed by atoms with Crippen LogP contribution in [-0.4, -0.2) is 24.4 Å². The first kappa shape index (κ1) is 8.52. The SMILES string of the molecule is OC(CC1CCC1)C1CCOC1. The first-order valence-corrected chi connectivity index (χ1v) is 5.12. The van der Waals surface area contributed by atoms with E-state index in [9.17, 15) is 5.11 Å². The summed E-state index contributed by atoms with van der Waals surface area (Å²) in [6.45, 7) is 1.64. The molecule has 1 aliphatic carbocycles. The Hall–Kier alpha value is -0.0800. The van der Waals surface area contributed by atoms with Gasteiger partial charge in [-0.25, -0.2) is 0 Å². The highest BCUT2D eigenvalue weighted by atomic mass is 16.5. The molecule has 2 heteroatoms. The molecular formula is C10H18O2. The van der Waals surface area contributed by atoms with Crippen molar-refractivity contribution in [2.24, 2.45) is 11.8 Å². The molecule has 2 unspecified atom stereocenters. The maximum absolute atomic E-state index is 9.80. The summed E-state index contributed by atoms with van der Waals surface area (Å²) >= 11 is 0. The number of rotatable bonds is 3. The van der Waals surface area contributed by atoms with Gasteiger partial charge in [-0.05, 0) is 18.8 Å². The molecule has 1 N–H and O–H groups in total. The van der Waals surface area contributed by atoms with Gasteiger partial charge in [-0.15, -0.1) is 0 Å². The molecule has 0 spiro atoms. The van der Waals surface area contributed by atoms with E-state index in [1.165, 1.54) is 19.3 Å². The third kappa shape index (κ3) is 1.80. The average molecular weight is 170 g/mol. The number of ether oxygens (including phenoxy) is 1. The summed E-state index contributed by atoms with van der Waals surface area (Å²) in [5, 5.41) is 9.80. The highest BCUT2D eigenvalue weighted by Gasteiger charge is 2.28. The van der Waals surface area contributed by atoms with Gasteiger partial charge in [0.05, 0.1) is 12.7 Å². The lowest BCUT2D eigenvalue weighted by molar-refractivity contribution is 0.0575. The quantitative estimate of drug-likeness (QED) is 0.696. The minimum Gasteiger partial charge on any atom is -0.393 e. The van der Waals surface area contributed by atoms with Crippen molar-refractivity contribution in [3.8, 4) is 0 Å². The molecular weight excluding hydrogens is 152 g/mol. The van der Waals surface area contributed by atoms with Gasteiger partial charge in [0.1, 0.15) is 0 Å². The van der Waals surface area contributed by atoms with Crippen molar-refractivity contribution in [3.05, 3.63) is 0 Å². The first-order valence-electron chi connectivity index (χ1n) is 5.12. The summed E-state index contributed by atoms with van der Waals surface area (Å²) < 4.78 is 5.25. The summed E-state index contributed by atoms with van der Waals surface area (Å²) in [6.07, 6.45) is 6.05. The van der Waals surface area contributed by atoms with E-state index in [0.29, 0.717) is 5.92 Å². The molecule has 2 fully saturated rings.